The third kappa shape index (κ3) is 4.88. The summed E-state index contributed by atoms with van der Waals surface area (Å²) in [5, 5.41) is 3.04. The van der Waals surface area contributed by atoms with Gasteiger partial charge in [-0.1, -0.05) is 25.5 Å². The van der Waals surface area contributed by atoms with Crippen LogP contribution >= 0.6 is 11.8 Å². The SMILES string of the molecule is CCCC(CN)C(=O)NC(C)c1ccc(SC)cc1. The fraction of sp³-hybridized carbons (Fsp3) is 0.533. The lowest BCUT2D eigenvalue weighted by Crippen LogP contribution is -2.36. The summed E-state index contributed by atoms with van der Waals surface area (Å²) >= 11 is 1.71. The Labute approximate surface area is 120 Å². The van der Waals surface area contributed by atoms with E-state index in [1.165, 1.54) is 4.90 Å². The maximum absolute atomic E-state index is 12.1. The normalized spacial score (nSPS) is 13.9. The number of benzene rings is 1. The van der Waals surface area contributed by atoms with Gasteiger partial charge in [-0.15, -0.1) is 11.8 Å². The number of amides is 1. The first-order chi connectivity index (χ1) is 9.12. The van der Waals surface area contributed by atoms with Crippen LogP contribution in [0, 0.1) is 5.92 Å². The molecule has 3 nitrogen and oxygen atoms in total. The van der Waals surface area contributed by atoms with E-state index in [1.807, 2.05) is 6.92 Å². The molecule has 1 amide bonds. The third-order valence-corrected chi connectivity index (χ3v) is 4.01. The van der Waals surface area contributed by atoms with Crippen LogP contribution in [0.2, 0.25) is 0 Å². The molecule has 0 saturated heterocycles. The second-order valence-electron chi connectivity index (χ2n) is 4.72. The fourth-order valence-electron chi connectivity index (χ4n) is 2.01. The van der Waals surface area contributed by atoms with Crippen LogP contribution in [0.1, 0.15) is 38.3 Å². The molecule has 0 aliphatic rings. The van der Waals surface area contributed by atoms with Crippen LogP contribution in [-0.2, 0) is 4.79 Å². The molecule has 1 aromatic carbocycles. The zero-order valence-electron chi connectivity index (χ0n) is 12.0. The molecule has 0 aromatic heterocycles. The van der Waals surface area contributed by atoms with E-state index in [2.05, 4.69) is 42.8 Å². The first-order valence-corrected chi connectivity index (χ1v) is 7.99. The van der Waals surface area contributed by atoms with E-state index in [4.69, 9.17) is 5.73 Å². The average molecular weight is 280 g/mol. The Morgan fingerprint density at radius 1 is 1.37 bits per heavy atom. The van der Waals surface area contributed by atoms with Crippen molar-refractivity contribution in [2.45, 2.75) is 37.6 Å². The smallest absolute Gasteiger partial charge is 0.224 e. The Bertz CT molecular complexity index is 392. The van der Waals surface area contributed by atoms with Gasteiger partial charge in [-0.25, -0.2) is 0 Å². The molecule has 0 aliphatic heterocycles. The van der Waals surface area contributed by atoms with Crippen LogP contribution < -0.4 is 11.1 Å². The molecule has 2 atom stereocenters. The quantitative estimate of drug-likeness (QED) is 0.755. The molecule has 2 unspecified atom stereocenters. The van der Waals surface area contributed by atoms with Gasteiger partial charge >= 0.3 is 0 Å². The highest BCUT2D eigenvalue weighted by Gasteiger charge is 2.18. The third-order valence-electron chi connectivity index (χ3n) is 3.27. The van der Waals surface area contributed by atoms with Gasteiger partial charge in [0.1, 0.15) is 0 Å². The van der Waals surface area contributed by atoms with Crippen molar-refractivity contribution in [3.8, 4) is 0 Å². The van der Waals surface area contributed by atoms with E-state index < -0.39 is 0 Å². The van der Waals surface area contributed by atoms with Gasteiger partial charge in [-0.2, -0.15) is 0 Å². The summed E-state index contributed by atoms with van der Waals surface area (Å²) in [6, 6.07) is 8.31. The molecule has 0 radical (unpaired) electrons. The van der Waals surface area contributed by atoms with Crippen LogP contribution in [0.3, 0.4) is 0 Å². The highest BCUT2D eigenvalue weighted by molar-refractivity contribution is 7.98. The van der Waals surface area contributed by atoms with Crippen LogP contribution in [0.15, 0.2) is 29.2 Å². The van der Waals surface area contributed by atoms with Gasteiger partial charge < -0.3 is 11.1 Å². The zero-order valence-corrected chi connectivity index (χ0v) is 12.8. The molecule has 0 bridgehead atoms. The van der Waals surface area contributed by atoms with Crippen molar-refractivity contribution in [2.24, 2.45) is 11.7 Å². The summed E-state index contributed by atoms with van der Waals surface area (Å²) in [7, 11) is 0. The van der Waals surface area contributed by atoms with Gasteiger partial charge in [0.15, 0.2) is 0 Å². The molecular weight excluding hydrogens is 256 g/mol. The van der Waals surface area contributed by atoms with Crippen molar-refractivity contribution in [3.05, 3.63) is 29.8 Å². The van der Waals surface area contributed by atoms with E-state index in [1.54, 1.807) is 11.8 Å². The highest BCUT2D eigenvalue weighted by Crippen LogP contribution is 2.19. The molecule has 19 heavy (non-hydrogen) atoms. The Kier molecular flexibility index (Phi) is 6.95. The van der Waals surface area contributed by atoms with E-state index in [0.29, 0.717) is 6.54 Å². The van der Waals surface area contributed by atoms with Crippen molar-refractivity contribution < 1.29 is 4.79 Å². The second-order valence-corrected chi connectivity index (χ2v) is 5.60. The number of nitrogens with one attached hydrogen (secondary N) is 1. The Balaban J connectivity index is 2.62. The summed E-state index contributed by atoms with van der Waals surface area (Å²) in [4.78, 5) is 13.3. The predicted molar refractivity (Wildman–Crippen MR) is 82.2 cm³/mol. The fourth-order valence-corrected chi connectivity index (χ4v) is 2.42. The van der Waals surface area contributed by atoms with Gasteiger partial charge in [0.05, 0.1) is 12.0 Å². The summed E-state index contributed by atoms with van der Waals surface area (Å²) in [6.45, 7) is 4.49. The lowest BCUT2D eigenvalue weighted by Gasteiger charge is -2.19. The van der Waals surface area contributed by atoms with Crippen molar-refractivity contribution in [3.63, 3.8) is 0 Å². The van der Waals surface area contributed by atoms with E-state index >= 15 is 0 Å². The van der Waals surface area contributed by atoms with E-state index in [-0.39, 0.29) is 17.9 Å². The van der Waals surface area contributed by atoms with Crippen LogP contribution in [0.5, 0.6) is 0 Å². The molecule has 4 heteroatoms. The summed E-state index contributed by atoms with van der Waals surface area (Å²) in [6.07, 6.45) is 3.88. The molecule has 1 aromatic rings. The number of nitrogens with two attached hydrogens (primary N) is 1. The molecule has 1 rings (SSSR count). The molecule has 106 valence electrons. The number of carbonyl (C=O) groups is 1. The molecular formula is C15H24N2OS. The van der Waals surface area contributed by atoms with Crippen LogP contribution in [-0.4, -0.2) is 18.7 Å². The largest absolute Gasteiger partial charge is 0.349 e. The topological polar surface area (TPSA) is 55.1 Å². The van der Waals surface area contributed by atoms with Crippen molar-refractivity contribution >= 4 is 17.7 Å². The number of thioether (sulfide) groups is 1. The average Bonchev–Trinajstić information content (AvgIpc) is 2.44. The van der Waals surface area contributed by atoms with E-state index in [0.717, 1.165) is 18.4 Å². The van der Waals surface area contributed by atoms with Crippen molar-refractivity contribution in [2.75, 3.05) is 12.8 Å². The molecule has 0 aliphatic carbocycles. The van der Waals surface area contributed by atoms with Crippen LogP contribution in [0.25, 0.3) is 0 Å². The van der Waals surface area contributed by atoms with Crippen molar-refractivity contribution in [1.82, 2.24) is 5.32 Å². The molecule has 0 heterocycles. The van der Waals surface area contributed by atoms with E-state index in [9.17, 15) is 4.79 Å². The minimum Gasteiger partial charge on any atom is -0.349 e. The zero-order chi connectivity index (χ0) is 14.3. The minimum atomic E-state index is -0.0714. The minimum absolute atomic E-state index is 0.0225. The monoisotopic (exact) mass is 280 g/mol. The number of hydrogen-bond acceptors (Lipinski definition) is 3. The second kappa shape index (κ2) is 8.23. The maximum Gasteiger partial charge on any atom is 0.224 e. The van der Waals surface area contributed by atoms with Gasteiger partial charge in [-0.05, 0) is 37.3 Å². The Hall–Kier alpha value is -1.00. The lowest BCUT2D eigenvalue weighted by molar-refractivity contribution is -0.125. The summed E-state index contributed by atoms with van der Waals surface area (Å²) < 4.78 is 0. The highest BCUT2D eigenvalue weighted by atomic mass is 32.2. The molecule has 0 fully saturated rings. The van der Waals surface area contributed by atoms with Gasteiger partial charge in [0.25, 0.3) is 0 Å². The van der Waals surface area contributed by atoms with Crippen molar-refractivity contribution in [1.29, 1.82) is 0 Å². The van der Waals surface area contributed by atoms with Gasteiger partial charge in [-0.3, -0.25) is 4.79 Å². The lowest BCUT2D eigenvalue weighted by atomic mass is 10.0. The summed E-state index contributed by atoms with van der Waals surface area (Å²) in [5.41, 5.74) is 6.77. The number of rotatable bonds is 7. The van der Waals surface area contributed by atoms with Gasteiger partial charge in [0, 0.05) is 11.4 Å². The first kappa shape index (κ1) is 16.1. The first-order valence-electron chi connectivity index (χ1n) is 6.76. The number of hydrogen-bond donors (Lipinski definition) is 2. The molecule has 0 saturated carbocycles. The Morgan fingerprint density at radius 3 is 2.47 bits per heavy atom. The van der Waals surface area contributed by atoms with Gasteiger partial charge in [0.2, 0.25) is 5.91 Å². The summed E-state index contributed by atoms with van der Waals surface area (Å²) in [5.74, 6) is -0.0105. The molecule has 0 spiro atoms. The predicted octanol–water partition coefficient (Wildman–Crippen LogP) is 2.96. The maximum atomic E-state index is 12.1. The molecule has 3 N–H and O–H groups in total. The number of carbonyl (C=O) groups excluding carboxylic acids is 1. The Morgan fingerprint density at radius 2 is 2.00 bits per heavy atom. The van der Waals surface area contributed by atoms with Crippen LogP contribution in [0.4, 0.5) is 0 Å². The standard InChI is InChI=1S/C15H24N2OS/c1-4-5-13(10-16)15(18)17-11(2)12-6-8-14(19-3)9-7-12/h6-9,11,13H,4-5,10,16H2,1-3H3,(H,17,18).